The van der Waals surface area contributed by atoms with Crippen molar-refractivity contribution in [3.8, 4) is 11.5 Å². The topological polar surface area (TPSA) is 68.2 Å². The molecular weight excluding hydrogens is 531 g/mol. The Kier molecular flexibility index (Phi) is 5.05. The Labute approximate surface area is 205 Å². The van der Waals surface area contributed by atoms with E-state index < -0.39 is 0 Å². The monoisotopic (exact) mass is 554 g/mol. The smallest absolute Gasteiger partial charge is 0.254 e. The van der Waals surface area contributed by atoms with Crippen molar-refractivity contribution < 1.29 is 19.1 Å². The molecule has 0 spiro atoms. The third-order valence-electron chi connectivity index (χ3n) is 7.44. The van der Waals surface area contributed by atoms with E-state index in [0.717, 1.165) is 26.1 Å². The zero-order valence-electron chi connectivity index (χ0n) is 18.1. The third-order valence-corrected chi connectivity index (χ3v) is 8.24. The second-order valence-electron chi connectivity index (χ2n) is 9.20. The van der Waals surface area contributed by atoms with E-state index in [2.05, 4.69) is 39.8 Å². The van der Waals surface area contributed by atoms with Gasteiger partial charge in [0.2, 0.25) is 0 Å². The molecule has 1 aliphatic heterocycles. The number of halogens is 1. The number of amides is 2. The van der Waals surface area contributed by atoms with Crippen molar-refractivity contribution in [2.75, 3.05) is 7.11 Å². The highest BCUT2D eigenvalue weighted by Crippen LogP contribution is 2.65. The molecule has 0 N–H and O–H groups in total. The molecule has 0 aromatic heterocycles. The molecule has 1 heterocycles. The average molecular weight is 554 g/mol. The van der Waals surface area contributed by atoms with Gasteiger partial charge in [-0.2, -0.15) is 10.1 Å². The summed E-state index contributed by atoms with van der Waals surface area (Å²) in [5.74, 6) is 1.99. The van der Waals surface area contributed by atoms with Crippen LogP contribution in [0.1, 0.15) is 17.5 Å². The predicted molar refractivity (Wildman–Crippen MR) is 131 cm³/mol. The lowest BCUT2D eigenvalue weighted by atomic mass is 9.63. The van der Waals surface area contributed by atoms with Crippen LogP contribution in [0.25, 0.3) is 0 Å². The van der Waals surface area contributed by atoms with Crippen LogP contribution in [0.5, 0.6) is 11.5 Å². The van der Waals surface area contributed by atoms with Crippen LogP contribution in [0.2, 0.25) is 0 Å². The van der Waals surface area contributed by atoms with E-state index in [9.17, 15) is 9.59 Å². The summed E-state index contributed by atoms with van der Waals surface area (Å²) in [6, 6.07) is 13.7. The lowest BCUT2D eigenvalue weighted by molar-refractivity contribution is -0.140. The Bertz CT molecular complexity index is 1160. The van der Waals surface area contributed by atoms with Crippen molar-refractivity contribution in [3.05, 3.63) is 69.3 Å². The number of hydrogen-bond donors (Lipinski definition) is 0. The van der Waals surface area contributed by atoms with Crippen LogP contribution in [0.4, 0.5) is 0 Å². The van der Waals surface area contributed by atoms with Crippen LogP contribution < -0.4 is 9.47 Å². The molecule has 6 atom stereocenters. The van der Waals surface area contributed by atoms with Gasteiger partial charge >= 0.3 is 0 Å². The Balaban J connectivity index is 1.21. The van der Waals surface area contributed by atoms with E-state index in [1.165, 1.54) is 0 Å². The minimum atomic E-state index is -0.239. The number of hydrogen-bond acceptors (Lipinski definition) is 5. The number of allylic oxidation sites excluding steroid dienone is 2. The van der Waals surface area contributed by atoms with Gasteiger partial charge in [0, 0.05) is 0 Å². The second-order valence-corrected chi connectivity index (χ2v) is 10.4. The van der Waals surface area contributed by atoms with Crippen LogP contribution in [0.15, 0.2) is 59.7 Å². The van der Waals surface area contributed by atoms with Crippen molar-refractivity contribution in [3.63, 3.8) is 0 Å². The number of hydrazone groups is 1. The first-order chi connectivity index (χ1) is 16.1. The number of benzene rings is 2. The fourth-order valence-electron chi connectivity index (χ4n) is 5.86. The average Bonchev–Trinajstić information content (AvgIpc) is 3.61. The zero-order chi connectivity index (χ0) is 22.7. The van der Waals surface area contributed by atoms with Crippen molar-refractivity contribution in [1.29, 1.82) is 0 Å². The summed E-state index contributed by atoms with van der Waals surface area (Å²) in [4.78, 5) is 26.2. The number of carbonyl (C=O) groups is 2. The summed E-state index contributed by atoms with van der Waals surface area (Å²) in [7, 11) is 1.59. The van der Waals surface area contributed by atoms with E-state index >= 15 is 0 Å². The maximum atomic E-state index is 13.1. The first kappa shape index (κ1) is 20.9. The predicted octanol–water partition coefficient (Wildman–Crippen LogP) is 4.27. The number of nitrogens with zero attached hydrogens (tertiary/aromatic N) is 2. The number of carbonyl (C=O) groups excluding carboxylic acids is 2. The first-order valence-corrected chi connectivity index (χ1v) is 12.3. The second kappa shape index (κ2) is 7.97. The zero-order valence-corrected chi connectivity index (χ0v) is 20.2. The maximum Gasteiger partial charge on any atom is 0.254 e. The van der Waals surface area contributed by atoms with Gasteiger partial charge < -0.3 is 9.47 Å². The third kappa shape index (κ3) is 3.39. The normalized spacial score (nSPS) is 31.2. The summed E-state index contributed by atoms with van der Waals surface area (Å²) in [6.45, 7) is 0.429. The van der Waals surface area contributed by atoms with Crippen LogP contribution in [0.3, 0.4) is 0 Å². The SMILES string of the molecule is COc1cc(C=NN2C(=O)[C@@H]3[C@H]4C=C[C@@H]([C@@H]5C[C@@H]45)[C@H]3C2=O)cc(I)c1OCc1ccccc1. The summed E-state index contributed by atoms with van der Waals surface area (Å²) < 4.78 is 12.4. The van der Waals surface area contributed by atoms with Crippen molar-refractivity contribution >= 4 is 40.6 Å². The van der Waals surface area contributed by atoms with Gasteiger partial charge in [0.1, 0.15) is 6.61 Å². The van der Waals surface area contributed by atoms with Gasteiger partial charge in [-0.3, -0.25) is 9.59 Å². The van der Waals surface area contributed by atoms with Crippen molar-refractivity contribution in [2.24, 2.45) is 40.6 Å². The quantitative estimate of drug-likeness (QED) is 0.232. The molecule has 168 valence electrons. The summed E-state index contributed by atoms with van der Waals surface area (Å²) in [6.07, 6.45) is 7.05. The van der Waals surface area contributed by atoms with Crippen LogP contribution in [-0.4, -0.2) is 30.1 Å². The van der Waals surface area contributed by atoms with Crippen LogP contribution in [0, 0.1) is 39.1 Å². The molecule has 6 nitrogen and oxygen atoms in total. The molecule has 1 saturated heterocycles. The molecule has 0 unspecified atom stereocenters. The molecule has 2 aromatic carbocycles. The number of rotatable bonds is 6. The molecular formula is C26H23IN2O4. The van der Waals surface area contributed by atoms with Gasteiger partial charge in [0.15, 0.2) is 11.5 Å². The molecule has 2 saturated carbocycles. The van der Waals surface area contributed by atoms with Gasteiger partial charge in [0.25, 0.3) is 11.8 Å². The Morgan fingerprint density at radius 2 is 1.73 bits per heavy atom. The first-order valence-electron chi connectivity index (χ1n) is 11.2. The lowest BCUT2D eigenvalue weighted by Gasteiger charge is -2.37. The van der Waals surface area contributed by atoms with Gasteiger partial charge in [-0.05, 0) is 75.9 Å². The van der Waals surface area contributed by atoms with Gasteiger partial charge in [-0.1, -0.05) is 42.5 Å². The minimum absolute atomic E-state index is 0.157. The highest BCUT2D eigenvalue weighted by atomic mass is 127. The fourth-order valence-corrected chi connectivity index (χ4v) is 6.64. The molecule has 0 radical (unpaired) electrons. The van der Waals surface area contributed by atoms with E-state index in [0.29, 0.717) is 29.9 Å². The van der Waals surface area contributed by atoms with Crippen LogP contribution in [-0.2, 0) is 16.2 Å². The molecule has 3 fully saturated rings. The summed E-state index contributed by atoms with van der Waals surface area (Å²) >= 11 is 2.20. The van der Waals surface area contributed by atoms with Crippen LogP contribution >= 0.6 is 22.6 Å². The van der Waals surface area contributed by atoms with Gasteiger partial charge in [-0.15, -0.1) is 0 Å². The Morgan fingerprint density at radius 3 is 2.36 bits per heavy atom. The van der Waals surface area contributed by atoms with Gasteiger partial charge in [-0.25, -0.2) is 0 Å². The Morgan fingerprint density at radius 1 is 1.06 bits per heavy atom. The Hall–Kier alpha value is -2.68. The van der Waals surface area contributed by atoms with Crippen molar-refractivity contribution in [1.82, 2.24) is 5.01 Å². The van der Waals surface area contributed by atoms with Crippen molar-refractivity contribution in [2.45, 2.75) is 13.0 Å². The van der Waals surface area contributed by atoms with Gasteiger partial charge in [0.05, 0.1) is 28.7 Å². The van der Waals surface area contributed by atoms with E-state index in [4.69, 9.17) is 9.47 Å². The summed E-state index contributed by atoms with van der Waals surface area (Å²) in [5, 5.41) is 5.44. The van der Waals surface area contributed by atoms with E-state index in [1.54, 1.807) is 13.3 Å². The lowest BCUT2D eigenvalue weighted by Crippen LogP contribution is -2.40. The summed E-state index contributed by atoms with van der Waals surface area (Å²) in [5.41, 5.74) is 1.80. The minimum Gasteiger partial charge on any atom is -0.493 e. The highest BCUT2D eigenvalue weighted by Gasteiger charge is 2.67. The number of methoxy groups -OCH3 is 1. The van der Waals surface area contributed by atoms with E-state index in [-0.39, 0.29) is 35.5 Å². The standard InChI is InChI=1S/C26H23IN2O4/c1-32-21-10-15(9-20(27)24(21)33-13-14-5-3-2-4-6-14)12-28-29-25(30)22-16-7-8-17(19-11-18(16)19)23(22)26(29)31/h2-10,12,16-19,22-23H,11,13H2,1H3/t16-,17-,18-,19-,22+,23+/m0/s1. The molecule has 4 aliphatic carbocycles. The molecule has 5 aliphatic rings. The van der Waals surface area contributed by atoms with E-state index in [1.807, 2.05) is 42.5 Å². The molecule has 2 bridgehead atoms. The maximum absolute atomic E-state index is 13.1. The molecule has 7 heteroatoms. The molecule has 33 heavy (non-hydrogen) atoms. The highest BCUT2D eigenvalue weighted by molar-refractivity contribution is 14.1. The number of imide groups is 1. The molecule has 2 amide bonds. The fraction of sp³-hybridized carbons (Fsp3) is 0.346. The molecule has 2 aromatic rings. The number of ether oxygens (including phenoxy) is 2. The largest absolute Gasteiger partial charge is 0.493 e. The molecule has 7 rings (SSSR count).